The van der Waals surface area contributed by atoms with Crippen LogP contribution in [0.2, 0.25) is 0 Å². The summed E-state index contributed by atoms with van der Waals surface area (Å²) in [6.07, 6.45) is 4.02. The molecule has 0 radical (unpaired) electrons. The molecule has 3 heteroatoms. The minimum absolute atomic E-state index is 0.0735. The molecule has 18 heavy (non-hydrogen) atoms. The maximum absolute atomic E-state index is 8.90. The summed E-state index contributed by atoms with van der Waals surface area (Å²) >= 11 is 0. The van der Waals surface area contributed by atoms with Crippen molar-refractivity contribution in [2.24, 2.45) is 0 Å². The third-order valence-electron chi connectivity index (χ3n) is 2.80. The molecule has 0 aliphatic rings. The van der Waals surface area contributed by atoms with Crippen molar-refractivity contribution >= 4 is 0 Å². The highest BCUT2D eigenvalue weighted by molar-refractivity contribution is 5.20. The molecule has 0 saturated heterocycles. The number of pyridine rings is 1. The Morgan fingerprint density at radius 2 is 1.83 bits per heavy atom. The lowest BCUT2D eigenvalue weighted by molar-refractivity contribution is 0.542. The first-order valence-electron chi connectivity index (χ1n) is 5.94. The highest BCUT2D eigenvalue weighted by Crippen LogP contribution is 2.16. The molecular formula is C15H15N3. The Kier molecular flexibility index (Phi) is 4.46. The van der Waals surface area contributed by atoms with E-state index >= 15 is 0 Å². The van der Waals surface area contributed by atoms with Gasteiger partial charge in [0.2, 0.25) is 0 Å². The van der Waals surface area contributed by atoms with Crippen LogP contribution in [0.15, 0.2) is 54.9 Å². The summed E-state index contributed by atoms with van der Waals surface area (Å²) in [6.45, 7) is 0.740. The summed E-state index contributed by atoms with van der Waals surface area (Å²) in [5.74, 6) is 0. The smallest absolute Gasteiger partial charge is 0.0641 e. The predicted octanol–water partition coefficient (Wildman–Crippen LogP) is 2.83. The summed E-state index contributed by atoms with van der Waals surface area (Å²) < 4.78 is 0. The van der Waals surface area contributed by atoms with E-state index in [-0.39, 0.29) is 6.04 Å². The molecule has 3 nitrogen and oxygen atoms in total. The minimum Gasteiger partial charge on any atom is -0.305 e. The number of rotatable bonds is 5. The van der Waals surface area contributed by atoms with Crippen LogP contribution < -0.4 is 5.32 Å². The van der Waals surface area contributed by atoms with Gasteiger partial charge in [-0.3, -0.25) is 4.98 Å². The summed E-state index contributed by atoms with van der Waals surface area (Å²) in [5.41, 5.74) is 2.32. The number of aromatic nitrogens is 1. The summed E-state index contributed by atoms with van der Waals surface area (Å²) in [5, 5.41) is 12.3. The van der Waals surface area contributed by atoms with Crippen LogP contribution in [-0.4, -0.2) is 4.98 Å². The maximum Gasteiger partial charge on any atom is 0.0641 e. The number of hydrogen-bond acceptors (Lipinski definition) is 3. The Balaban J connectivity index is 2.02. The molecule has 0 aliphatic heterocycles. The second-order valence-electron chi connectivity index (χ2n) is 4.06. The largest absolute Gasteiger partial charge is 0.305 e. The van der Waals surface area contributed by atoms with Gasteiger partial charge in [0.25, 0.3) is 0 Å². The average Bonchev–Trinajstić information content (AvgIpc) is 2.45. The van der Waals surface area contributed by atoms with Crippen molar-refractivity contribution in [1.29, 1.82) is 5.26 Å². The second kappa shape index (κ2) is 6.53. The SMILES string of the molecule is N#CCC(NCc1ccncc1)c1ccccc1. The van der Waals surface area contributed by atoms with Gasteiger partial charge in [-0.25, -0.2) is 0 Å². The molecule has 1 aromatic carbocycles. The molecule has 1 aromatic heterocycles. The summed E-state index contributed by atoms with van der Waals surface area (Å²) in [4.78, 5) is 3.99. The molecule has 1 unspecified atom stereocenters. The fraction of sp³-hybridized carbons (Fsp3) is 0.200. The highest BCUT2D eigenvalue weighted by atomic mass is 14.9. The Labute approximate surface area is 107 Å². The molecule has 1 N–H and O–H groups in total. The Morgan fingerprint density at radius 1 is 1.11 bits per heavy atom. The fourth-order valence-corrected chi connectivity index (χ4v) is 1.83. The van der Waals surface area contributed by atoms with Gasteiger partial charge >= 0.3 is 0 Å². The minimum atomic E-state index is 0.0735. The van der Waals surface area contributed by atoms with E-state index in [2.05, 4.69) is 16.4 Å². The van der Waals surface area contributed by atoms with Crippen LogP contribution in [-0.2, 0) is 6.54 Å². The van der Waals surface area contributed by atoms with E-state index in [1.165, 1.54) is 5.56 Å². The Morgan fingerprint density at radius 3 is 2.50 bits per heavy atom. The van der Waals surface area contributed by atoms with Gasteiger partial charge in [0.1, 0.15) is 0 Å². The Hall–Kier alpha value is -2.18. The molecule has 0 aliphatic carbocycles. The summed E-state index contributed by atoms with van der Waals surface area (Å²) in [7, 11) is 0. The number of benzene rings is 1. The number of hydrogen-bond donors (Lipinski definition) is 1. The van der Waals surface area contributed by atoms with Crippen molar-refractivity contribution in [3.63, 3.8) is 0 Å². The lowest BCUT2D eigenvalue weighted by Crippen LogP contribution is -2.20. The van der Waals surface area contributed by atoms with Gasteiger partial charge in [-0.2, -0.15) is 5.26 Å². The van der Waals surface area contributed by atoms with Gasteiger partial charge in [-0.1, -0.05) is 30.3 Å². The van der Waals surface area contributed by atoms with Crippen molar-refractivity contribution in [2.45, 2.75) is 19.0 Å². The van der Waals surface area contributed by atoms with Crippen LogP contribution in [0, 0.1) is 11.3 Å². The van der Waals surface area contributed by atoms with Gasteiger partial charge in [-0.05, 0) is 23.3 Å². The molecule has 0 spiro atoms. The first-order chi connectivity index (χ1) is 8.90. The van der Waals surface area contributed by atoms with Crippen molar-refractivity contribution in [2.75, 3.05) is 0 Å². The third-order valence-corrected chi connectivity index (χ3v) is 2.80. The average molecular weight is 237 g/mol. The van der Waals surface area contributed by atoms with E-state index in [0.29, 0.717) is 6.42 Å². The maximum atomic E-state index is 8.90. The van der Waals surface area contributed by atoms with Crippen LogP contribution in [0.4, 0.5) is 0 Å². The van der Waals surface area contributed by atoms with Crippen LogP contribution >= 0.6 is 0 Å². The molecule has 0 fully saturated rings. The van der Waals surface area contributed by atoms with E-state index in [9.17, 15) is 0 Å². The first kappa shape index (κ1) is 12.3. The van der Waals surface area contributed by atoms with Gasteiger partial charge < -0.3 is 5.32 Å². The molecule has 1 heterocycles. The second-order valence-corrected chi connectivity index (χ2v) is 4.06. The van der Waals surface area contributed by atoms with E-state index in [1.54, 1.807) is 12.4 Å². The lowest BCUT2D eigenvalue weighted by atomic mass is 10.0. The third kappa shape index (κ3) is 3.41. The summed E-state index contributed by atoms with van der Waals surface area (Å²) in [6, 6.07) is 16.3. The fourth-order valence-electron chi connectivity index (χ4n) is 1.83. The zero-order chi connectivity index (χ0) is 12.6. The molecule has 2 rings (SSSR count). The topological polar surface area (TPSA) is 48.7 Å². The zero-order valence-electron chi connectivity index (χ0n) is 10.1. The van der Waals surface area contributed by atoms with Gasteiger partial charge in [0.05, 0.1) is 12.5 Å². The zero-order valence-corrected chi connectivity index (χ0v) is 10.1. The van der Waals surface area contributed by atoms with Crippen molar-refractivity contribution in [1.82, 2.24) is 10.3 Å². The lowest BCUT2D eigenvalue weighted by Gasteiger charge is -2.16. The van der Waals surface area contributed by atoms with Crippen molar-refractivity contribution in [3.05, 3.63) is 66.0 Å². The van der Waals surface area contributed by atoms with Gasteiger partial charge in [0.15, 0.2) is 0 Å². The molecule has 0 saturated carbocycles. The normalized spacial score (nSPS) is 11.7. The number of nitrogens with one attached hydrogen (secondary N) is 1. The van der Waals surface area contributed by atoms with Crippen LogP contribution in [0.5, 0.6) is 0 Å². The molecule has 90 valence electrons. The molecule has 1 atom stereocenters. The number of nitriles is 1. The molecular weight excluding hydrogens is 222 g/mol. The highest BCUT2D eigenvalue weighted by Gasteiger charge is 2.09. The van der Waals surface area contributed by atoms with E-state index in [1.807, 2.05) is 42.5 Å². The van der Waals surface area contributed by atoms with Crippen LogP contribution in [0.1, 0.15) is 23.6 Å². The first-order valence-corrected chi connectivity index (χ1v) is 5.94. The monoisotopic (exact) mass is 237 g/mol. The standard InChI is InChI=1S/C15H15N3/c16-9-6-15(14-4-2-1-3-5-14)18-12-13-7-10-17-11-8-13/h1-5,7-8,10-11,15,18H,6,12H2. The molecule has 0 bridgehead atoms. The van der Waals surface area contributed by atoms with E-state index in [0.717, 1.165) is 12.1 Å². The Bertz CT molecular complexity index is 502. The van der Waals surface area contributed by atoms with Gasteiger partial charge in [-0.15, -0.1) is 0 Å². The van der Waals surface area contributed by atoms with Gasteiger partial charge in [0, 0.05) is 25.0 Å². The molecule has 0 amide bonds. The predicted molar refractivity (Wildman–Crippen MR) is 70.5 cm³/mol. The van der Waals surface area contributed by atoms with Crippen LogP contribution in [0.3, 0.4) is 0 Å². The number of nitrogens with zero attached hydrogens (tertiary/aromatic N) is 2. The quantitative estimate of drug-likeness (QED) is 0.869. The molecule has 2 aromatic rings. The van der Waals surface area contributed by atoms with E-state index < -0.39 is 0 Å². The van der Waals surface area contributed by atoms with E-state index in [4.69, 9.17) is 5.26 Å². The van der Waals surface area contributed by atoms with Crippen molar-refractivity contribution < 1.29 is 0 Å². The van der Waals surface area contributed by atoms with Crippen molar-refractivity contribution in [3.8, 4) is 6.07 Å². The van der Waals surface area contributed by atoms with Crippen LogP contribution in [0.25, 0.3) is 0 Å².